The van der Waals surface area contributed by atoms with Crippen LogP contribution < -0.4 is 15.4 Å². The summed E-state index contributed by atoms with van der Waals surface area (Å²) in [7, 11) is 1.62. The molecular formula is C18H22N2O2. The highest BCUT2D eigenvalue weighted by Crippen LogP contribution is 2.24. The Hall–Kier alpha value is -2.49. The minimum absolute atomic E-state index is 0.0909. The van der Waals surface area contributed by atoms with E-state index < -0.39 is 0 Å². The lowest BCUT2D eigenvalue weighted by Crippen LogP contribution is -2.22. The fraction of sp³-hybridized carbons (Fsp3) is 0.278. The third-order valence-electron chi connectivity index (χ3n) is 3.59. The van der Waals surface area contributed by atoms with Crippen molar-refractivity contribution in [3.8, 4) is 5.75 Å². The van der Waals surface area contributed by atoms with Gasteiger partial charge in [-0.3, -0.25) is 4.79 Å². The van der Waals surface area contributed by atoms with Crippen LogP contribution in [0.2, 0.25) is 0 Å². The highest BCUT2D eigenvalue weighted by Gasteiger charge is 2.07. The summed E-state index contributed by atoms with van der Waals surface area (Å²) in [5, 5.41) is 6.00. The number of rotatable bonds is 5. The molecule has 22 heavy (non-hydrogen) atoms. The van der Waals surface area contributed by atoms with Crippen LogP contribution in [0.5, 0.6) is 5.75 Å². The molecule has 0 unspecified atom stereocenters. The van der Waals surface area contributed by atoms with E-state index in [0.29, 0.717) is 0 Å². The average Bonchev–Trinajstić information content (AvgIpc) is 2.49. The molecule has 2 aromatic carbocycles. The van der Waals surface area contributed by atoms with Crippen LogP contribution in [0.4, 0.5) is 11.4 Å². The number of amides is 1. The first kappa shape index (κ1) is 15.9. The summed E-state index contributed by atoms with van der Waals surface area (Å²) < 4.78 is 5.29. The van der Waals surface area contributed by atoms with Gasteiger partial charge in [-0.2, -0.15) is 0 Å². The van der Waals surface area contributed by atoms with Crippen molar-refractivity contribution >= 4 is 17.3 Å². The number of ether oxygens (including phenoxy) is 1. The van der Waals surface area contributed by atoms with Crippen molar-refractivity contribution in [3.63, 3.8) is 0 Å². The van der Waals surface area contributed by atoms with Crippen molar-refractivity contribution in [1.29, 1.82) is 0 Å². The summed E-state index contributed by atoms with van der Waals surface area (Å²) >= 11 is 0. The van der Waals surface area contributed by atoms with E-state index in [2.05, 4.69) is 10.6 Å². The quantitative estimate of drug-likeness (QED) is 0.885. The Morgan fingerprint density at radius 1 is 1.05 bits per heavy atom. The predicted molar refractivity (Wildman–Crippen MR) is 90.8 cm³/mol. The second-order valence-electron chi connectivity index (χ2n) is 5.40. The van der Waals surface area contributed by atoms with E-state index in [0.717, 1.165) is 28.3 Å². The molecule has 0 fully saturated rings. The number of carbonyl (C=O) groups is 1. The van der Waals surface area contributed by atoms with Gasteiger partial charge >= 0.3 is 0 Å². The first-order chi connectivity index (χ1) is 10.5. The van der Waals surface area contributed by atoms with Crippen LogP contribution >= 0.6 is 0 Å². The number of benzene rings is 2. The SMILES string of the molecule is COc1ccc(C)cc1NCC(=O)Nc1ccc(C)c(C)c1. The topological polar surface area (TPSA) is 50.4 Å². The molecule has 116 valence electrons. The van der Waals surface area contributed by atoms with Crippen molar-refractivity contribution in [2.75, 3.05) is 24.3 Å². The van der Waals surface area contributed by atoms with E-state index in [9.17, 15) is 4.79 Å². The molecule has 1 amide bonds. The minimum Gasteiger partial charge on any atom is -0.495 e. The van der Waals surface area contributed by atoms with Crippen molar-refractivity contribution in [1.82, 2.24) is 0 Å². The Kier molecular flexibility index (Phi) is 5.04. The lowest BCUT2D eigenvalue weighted by atomic mass is 10.1. The molecule has 0 spiro atoms. The maximum absolute atomic E-state index is 12.1. The van der Waals surface area contributed by atoms with Gasteiger partial charge in [0.2, 0.25) is 5.91 Å². The molecule has 2 N–H and O–H groups in total. The predicted octanol–water partition coefficient (Wildman–Crippen LogP) is 3.67. The number of anilines is 2. The molecule has 0 atom stereocenters. The third-order valence-corrected chi connectivity index (χ3v) is 3.59. The normalized spacial score (nSPS) is 10.2. The number of hydrogen-bond acceptors (Lipinski definition) is 3. The van der Waals surface area contributed by atoms with Crippen molar-refractivity contribution in [2.45, 2.75) is 20.8 Å². The number of carbonyl (C=O) groups excluding carboxylic acids is 1. The maximum atomic E-state index is 12.1. The summed E-state index contributed by atoms with van der Waals surface area (Å²) in [6.07, 6.45) is 0. The third kappa shape index (κ3) is 4.01. The molecule has 2 aromatic rings. The molecule has 0 saturated heterocycles. The van der Waals surface area contributed by atoms with Crippen LogP contribution in [0.15, 0.2) is 36.4 Å². The molecule has 0 aliphatic rings. The van der Waals surface area contributed by atoms with Gasteiger partial charge in [-0.1, -0.05) is 12.1 Å². The van der Waals surface area contributed by atoms with Gasteiger partial charge in [-0.25, -0.2) is 0 Å². The summed E-state index contributed by atoms with van der Waals surface area (Å²) in [5.74, 6) is 0.636. The van der Waals surface area contributed by atoms with E-state index in [1.165, 1.54) is 5.56 Å². The Labute approximate surface area is 131 Å². The highest BCUT2D eigenvalue weighted by atomic mass is 16.5. The number of hydrogen-bond donors (Lipinski definition) is 2. The molecule has 4 nitrogen and oxygen atoms in total. The second-order valence-corrected chi connectivity index (χ2v) is 5.40. The molecule has 0 saturated carbocycles. The maximum Gasteiger partial charge on any atom is 0.243 e. The lowest BCUT2D eigenvalue weighted by molar-refractivity contribution is -0.114. The Balaban J connectivity index is 1.98. The van der Waals surface area contributed by atoms with Gasteiger partial charge in [0.1, 0.15) is 5.75 Å². The molecule has 0 heterocycles. The van der Waals surface area contributed by atoms with Gasteiger partial charge in [0, 0.05) is 5.69 Å². The number of methoxy groups -OCH3 is 1. The average molecular weight is 298 g/mol. The summed E-state index contributed by atoms with van der Waals surface area (Å²) in [5.41, 5.74) is 5.11. The zero-order valence-electron chi connectivity index (χ0n) is 13.5. The molecule has 0 aromatic heterocycles. The Morgan fingerprint density at radius 3 is 2.50 bits per heavy atom. The molecule has 2 rings (SSSR count). The van der Waals surface area contributed by atoms with Gasteiger partial charge in [0.15, 0.2) is 0 Å². The molecule has 0 bridgehead atoms. The molecular weight excluding hydrogens is 276 g/mol. The molecule has 0 aliphatic heterocycles. The van der Waals surface area contributed by atoms with Crippen LogP contribution in [0.25, 0.3) is 0 Å². The van der Waals surface area contributed by atoms with E-state index in [1.807, 2.05) is 57.2 Å². The molecule has 0 aliphatic carbocycles. The number of nitrogens with one attached hydrogen (secondary N) is 2. The van der Waals surface area contributed by atoms with E-state index in [4.69, 9.17) is 4.74 Å². The molecule has 4 heteroatoms. The summed E-state index contributed by atoms with van der Waals surface area (Å²) in [6.45, 7) is 6.26. The standard InChI is InChI=1S/C18H22N2O2/c1-12-5-8-17(22-4)16(9-12)19-11-18(21)20-15-7-6-13(2)14(3)10-15/h5-10,19H,11H2,1-4H3,(H,20,21). The van der Waals surface area contributed by atoms with Gasteiger partial charge in [0.25, 0.3) is 0 Å². The first-order valence-corrected chi connectivity index (χ1v) is 7.25. The van der Waals surface area contributed by atoms with Crippen LogP contribution in [-0.2, 0) is 4.79 Å². The lowest BCUT2D eigenvalue weighted by Gasteiger charge is -2.12. The zero-order valence-corrected chi connectivity index (χ0v) is 13.5. The van der Waals surface area contributed by atoms with Crippen LogP contribution in [0.3, 0.4) is 0 Å². The minimum atomic E-state index is -0.0909. The smallest absolute Gasteiger partial charge is 0.243 e. The van der Waals surface area contributed by atoms with Gasteiger partial charge in [0.05, 0.1) is 19.3 Å². The fourth-order valence-electron chi connectivity index (χ4n) is 2.16. The van der Waals surface area contributed by atoms with Crippen LogP contribution in [-0.4, -0.2) is 19.6 Å². The molecule has 0 radical (unpaired) electrons. The summed E-state index contributed by atoms with van der Waals surface area (Å²) in [6, 6.07) is 11.7. The van der Waals surface area contributed by atoms with Gasteiger partial charge in [-0.15, -0.1) is 0 Å². The monoisotopic (exact) mass is 298 g/mol. The van der Waals surface area contributed by atoms with E-state index in [-0.39, 0.29) is 12.5 Å². The van der Waals surface area contributed by atoms with Crippen LogP contribution in [0.1, 0.15) is 16.7 Å². The van der Waals surface area contributed by atoms with Crippen molar-refractivity contribution < 1.29 is 9.53 Å². The highest BCUT2D eigenvalue weighted by molar-refractivity contribution is 5.94. The van der Waals surface area contributed by atoms with Crippen LogP contribution in [0, 0.1) is 20.8 Å². The largest absolute Gasteiger partial charge is 0.495 e. The fourth-order valence-corrected chi connectivity index (χ4v) is 2.16. The van der Waals surface area contributed by atoms with E-state index >= 15 is 0 Å². The Morgan fingerprint density at radius 2 is 1.82 bits per heavy atom. The first-order valence-electron chi connectivity index (χ1n) is 7.25. The number of aryl methyl sites for hydroxylation is 3. The zero-order chi connectivity index (χ0) is 16.1. The van der Waals surface area contributed by atoms with Gasteiger partial charge in [-0.05, 0) is 61.7 Å². The summed E-state index contributed by atoms with van der Waals surface area (Å²) in [4.78, 5) is 12.1. The Bertz CT molecular complexity index is 681. The van der Waals surface area contributed by atoms with Gasteiger partial charge < -0.3 is 15.4 Å². The van der Waals surface area contributed by atoms with Crippen molar-refractivity contribution in [3.05, 3.63) is 53.1 Å². The van der Waals surface area contributed by atoms with E-state index in [1.54, 1.807) is 7.11 Å². The van der Waals surface area contributed by atoms with Crippen molar-refractivity contribution in [2.24, 2.45) is 0 Å². The second kappa shape index (κ2) is 6.98.